The van der Waals surface area contributed by atoms with Crippen molar-refractivity contribution < 1.29 is 10.0 Å². The van der Waals surface area contributed by atoms with Gasteiger partial charge in [0.2, 0.25) is 5.91 Å². The van der Waals surface area contributed by atoms with Gasteiger partial charge in [0.15, 0.2) is 0 Å². The van der Waals surface area contributed by atoms with Gasteiger partial charge >= 0.3 is 0 Å². The molecule has 1 radical (unpaired) electrons. The van der Waals surface area contributed by atoms with Gasteiger partial charge in [0.25, 0.3) is 0 Å². The predicted molar refractivity (Wildman–Crippen MR) is 62.5 cm³/mol. The van der Waals surface area contributed by atoms with Crippen molar-refractivity contribution in [2.45, 2.75) is 45.7 Å². The lowest BCUT2D eigenvalue weighted by molar-refractivity contribution is -0.267. The van der Waals surface area contributed by atoms with E-state index in [1.165, 1.54) is 0 Å². The second-order valence-electron chi connectivity index (χ2n) is 5.43. The summed E-state index contributed by atoms with van der Waals surface area (Å²) in [6, 6.07) is -0.000972. The van der Waals surface area contributed by atoms with Crippen LogP contribution in [0.4, 0.5) is 0 Å². The number of nitrogens with zero attached hydrogens (tertiary/aromatic N) is 1. The van der Waals surface area contributed by atoms with Crippen LogP contribution in [0.3, 0.4) is 0 Å². The maximum atomic E-state index is 11.8. The molecule has 1 rings (SSSR count). The summed E-state index contributed by atoms with van der Waals surface area (Å²) in [5, 5.41) is 15.8. The third-order valence-electron chi connectivity index (χ3n) is 4.15. The molecular formula is C11H20ClN2O2. The normalized spacial score (nSPS) is 28.8. The molecule has 1 N–H and O–H groups in total. The fraction of sp³-hybridized carbons (Fsp3) is 0.909. The fourth-order valence-electron chi connectivity index (χ4n) is 2.12. The van der Waals surface area contributed by atoms with E-state index in [2.05, 4.69) is 5.32 Å². The van der Waals surface area contributed by atoms with Gasteiger partial charge in [-0.1, -0.05) is 13.8 Å². The maximum absolute atomic E-state index is 11.8. The molecule has 4 nitrogen and oxygen atoms in total. The van der Waals surface area contributed by atoms with E-state index in [1.54, 1.807) is 0 Å². The van der Waals surface area contributed by atoms with E-state index < -0.39 is 5.54 Å². The van der Waals surface area contributed by atoms with Crippen LogP contribution in [-0.2, 0) is 10.0 Å². The Labute approximate surface area is 102 Å². The Morgan fingerprint density at radius 1 is 1.44 bits per heavy atom. The standard InChI is InChI=1S/C11H20ClN2O2/c1-10(2)8(13-9(15)7-12)5-6-14(16)11(10,3)4/h8H,5-7H2,1-4H3,(H,13,15). The number of piperidine rings is 1. The molecule has 0 aliphatic carbocycles. The monoisotopic (exact) mass is 247 g/mol. The highest BCUT2D eigenvalue weighted by atomic mass is 35.5. The van der Waals surface area contributed by atoms with E-state index in [-0.39, 0.29) is 23.2 Å². The zero-order chi connectivity index (χ0) is 12.6. The first-order valence-electron chi connectivity index (χ1n) is 5.53. The molecule has 0 bridgehead atoms. The van der Waals surface area contributed by atoms with E-state index in [0.717, 1.165) is 5.06 Å². The maximum Gasteiger partial charge on any atom is 0.235 e. The molecule has 1 unspecified atom stereocenters. The lowest BCUT2D eigenvalue weighted by Crippen LogP contribution is -2.65. The van der Waals surface area contributed by atoms with Gasteiger partial charge in [-0.15, -0.1) is 21.9 Å². The minimum atomic E-state index is -0.491. The zero-order valence-electron chi connectivity index (χ0n) is 10.3. The summed E-state index contributed by atoms with van der Waals surface area (Å²) < 4.78 is 0. The van der Waals surface area contributed by atoms with Gasteiger partial charge in [-0.25, -0.2) is 0 Å². The highest BCUT2D eigenvalue weighted by Gasteiger charge is 2.51. The molecule has 0 aromatic heterocycles. The van der Waals surface area contributed by atoms with Gasteiger partial charge < -0.3 is 5.32 Å². The summed E-state index contributed by atoms with van der Waals surface area (Å²) in [4.78, 5) is 11.3. The van der Waals surface area contributed by atoms with Crippen molar-refractivity contribution in [2.24, 2.45) is 5.41 Å². The number of amides is 1. The fourth-order valence-corrected chi connectivity index (χ4v) is 2.20. The molecule has 93 valence electrons. The van der Waals surface area contributed by atoms with E-state index >= 15 is 0 Å². The van der Waals surface area contributed by atoms with Crippen molar-refractivity contribution in [1.29, 1.82) is 0 Å². The minimum Gasteiger partial charge on any atom is -0.352 e. The first-order valence-corrected chi connectivity index (χ1v) is 6.07. The van der Waals surface area contributed by atoms with Crippen LogP contribution < -0.4 is 5.32 Å². The molecule has 1 atom stereocenters. The zero-order valence-corrected chi connectivity index (χ0v) is 11.1. The summed E-state index contributed by atoms with van der Waals surface area (Å²) in [5.74, 6) is -0.205. The summed E-state index contributed by atoms with van der Waals surface area (Å²) in [6.07, 6.45) is 0.669. The van der Waals surface area contributed by atoms with Crippen LogP contribution in [0.5, 0.6) is 0 Å². The smallest absolute Gasteiger partial charge is 0.235 e. The molecule has 16 heavy (non-hydrogen) atoms. The molecule has 1 heterocycles. The first kappa shape index (κ1) is 13.7. The third-order valence-corrected chi connectivity index (χ3v) is 4.39. The van der Waals surface area contributed by atoms with Gasteiger partial charge in [0.05, 0.1) is 5.54 Å². The van der Waals surface area contributed by atoms with Crippen LogP contribution in [0, 0.1) is 5.41 Å². The second kappa shape index (κ2) is 4.51. The van der Waals surface area contributed by atoms with Crippen molar-refractivity contribution in [1.82, 2.24) is 10.4 Å². The molecular weight excluding hydrogens is 228 g/mol. The first-order chi connectivity index (χ1) is 7.23. The van der Waals surface area contributed by atoms with Crippen LogP contribution in [0.2, 0.25) is 0 Å². The van der Waals surface area contributed by atoms with Crippen molar-refractivity contribution in [2.75, 3.05) is 12.4 Å². The molecule has 1 aliphatic heterocycles. The topological polar surface area (TPSA) is 52.2 Å². The quantitative estimate of drug-likeness (QED) is 0.753. The average Bonchev–Trinajstić information content (AvgIpc) is 2.20. The van der Waals surface area contributed by atoms with E-state index in [0.29, 0.717) is 13.0 Å². The number of hydroxylamine groups is 2. The number of carbonyl (C=O) groups excluding carboxylic acids is 1. The number of alkyl halides is 1. The molecule has 0 spiro atoms. The van der Waals surface area contributed by atoms with Crippen LogP contribution in [-0.4, -0.2) is 35.0 Å². The van der Waals surface area contributed by atoms with E-state index in [1.807, 2.05) is 27.7 Å². The Bertz CT molecular complexity index is 279. The lowest BCUT2D eigenvalue weighted by atomic mass is 9.65. The lowest BCUT2D eigenvalue weighted by Gasteiger charge is -2.53. The summed E-state index contributed by atoms with van der Waals surface area (Å²) in [6.45, 7) is 8.30. The van der Waals surface area contributed by atoms with Crippen molar-refractivity contribution in [3.63, 3.8) is 0 Å². The highest BCUT2D eigenvalue weighted by Crippen LogP contribution is 2.42. The van der Waals surface area contributed by atoms with Crippen LogP contribution >= 0.6 is 11.6 Å². The number of rotatable bonds is 2. The number of nitrogens with one attached hydrogen (secondary N) is 1. The Hall–Kier alpha value is -0.320. The van der Waals surface area contributed by atoms with Gasteiger partial charge in [0, 0.05) is 18.0 Å². The van der Waals surface area contributed by atoms with Crippen LogP contribution in [0.1, 0.15) is 34.1 Å². The Morgan fingerprint density at radius 3 is 2.50 bits per heavy atom. The summed E-state index contributed by atoms with van der Waals surface area (Å²) >= 11 is 5.48. The molecule has 5 heteroatoms. The van der Waals surface area contributed by atoms with Gasteiger partial charge in [-0.05, 0) is 20.3 Å². The Balaban J connectivity index is 2.85. The summed E-state index contributed by atoms with van der Waals surface area (Å²) in [5.41, 5.74) is -0.774. The Kier molecular flexibility index (Phi) is 3.87. The highest BCUT2D eigenvalue weighted by molar-refractivity contribution is 6.27. The van der Waals surface area contributed by atoms with Crippen molar-refractivity contribution in [3.8, 4) is 0 Å². The molecule has 1 aliphatic rings. The predicted octanol–water partition coefficient (Wildman–Crippen LogP) is 1.57. The third kappa shape index (κ3) is 2.19. The number of carbonyl (C=O) groups is 1. The number of hydrogen-bond acceptors (Lipinski definition) is 2. The van der Waals surface area contributed by atoms with Gasteiger partial charge in [0.1, 0.15) is 5.88 Å². The minimum absolute atomic E-state index is 0.000972. The van der Waals surface area contributed by atoms with Crippen LogP contribution in [0.25, 0.3) is 0 Å². The van der Waals surface area contributed by atoms with Crippen molar-refractivity contribution in [3.05, 3.63) is 0 Å². The molecule has 1 saturated heterocycles. The molecule has 1 amide bonds. The number of halogens is 1. The average molecular weight is 248 g/mol. The molecule has 0 aromatic carbocycles. The largest absolute Gasteiger partial charge is 0.352 e. The molecule has 0 aromatic rings. The van der Waals surface area contributed by atoms with Crippen molar-refractivity contribution >= 4 is 17.5 Å². The van der Waals surface area contributed by atoms with Gasteiger partial charge in [-0.3, -0.25) is 4.79 Å². The number of hydrogen-bond donors (Lipinski definition) is 1. The molecule has 0 saturated carbocycles. The van der Waals surface area contributed by atoms with E-state index in [4.69, 9.17) is 11.6 Å². The Morgan fingerprint density at radius 2 is 2.00 bits per heavy atom. The van der Waals surface area contributed by atoms with E-state index in [9.17, 15) is 10.0 Å². The molecule has 1 fully saturated rings. The van der Waals surface area contributed by atoms with Crippen LogP contribution in [0.15, 0.2) is 0 Å². The summed E-state index contributed by atoms with van der Waals surface area (Å²) in [7, 11) is 0. The van der Waals surface area contributed by atoms with Gasteiger partial charge in [-0.2, -0.15) is 0 Å². The SMILES string of the molecule is CC1(C)C(NC(=O)CCl)CCN([O])C1(C)C. The second-order valence-corrected chi connectivity index (χ2v) is 5.69.